The van der Waals surface area contributed by atoms with E-state index in [1.165, 1.54) is 6.07 Å². The topological polar surface area (TPSA) is 101 Å². The first-order chi connectivity index (χ1) is 11.0. The molecule has 1 aromatic rings. The molecule has 1 aliphatic heterocycles. The van der Waals surface area contributed by atoms with Gasteiger partial charge in [0, 0.05) is 25.0 Å². The highest BCUT2D eigenvalue weighted by Gasteiger charge is 2.32. The average molecular weight is 338 g/mol. The van der Waals surface area contributed by atoms with Gasteiger partial charge in [0.1, 0.15) is 0 Å². The van der Waals surface area contributed by atoms with Crippen LogP contribution < -0.4 is 11.1 Å². The molecule has 2 fully saturated rings. The van der Waals surface area contributed by atoms with Gasteiger partial charge in [-0.1, -0.05) is 24.4 Å². The monoisotopic (exact) mass is 337 g/mol. The first kappa shape index (κ1) is 16.0. The lowest BCUT2D eigenvalue weighted by Gasteiger charge is -2.21. The Bertz CT molecular complexity index is 618. The SMILES string of the molecule is NC(=O)c1cc(Cl)nnc1NC1CCN(C(=O)C2CCCC2)C1. The van der Waals surface area contributed by atoms with Crippen molar-refractivity contribution in [1.29, 1.82) is 0 Å². The van der Waals surface area contributed by atoms with E-state index in [1.54, 1.807) is 0 Å². The van der Waals surface area contributed by atoms with E-state index in [1.807, 2.05) is 4.90 Å². The second-order valence-corrected chi connectivity index (χ2v) is 6.58. The normalized spacial score (nSPS) is 21.6. The Morgan fingerprint density at radius 1 is 1.26 bits per heavy atom. The maximum atomic E-state index is 12.4. The number of nitrogens with zero attached hydrogens (tertiary/aromatic N) is 3. The molecule has 2 heterocycles. The van der Waals surface area contributed by atoms with Crippen molar-refractivity contribution in [3.05, 3.63) is 16.8 Å². The van der Waals surface area contributed by atoms with Crippen molar-refractivity contribution in [2.24, 2.45) is 11.7 Å². The highest BCUT2D eigenvalue weighted by molar-refractivity contribution is 6.29. The first-order valence-electron chi connectivity index (χ1n) is 7.93. The van der Waals surface area contributed by atoms with Gasteiger partial charge in [-0.15, -0.1) is 10.2 Å². The number of hydrogen-bond donors (Lipinski definition) is 2. The van der Waals surface area contributed by atoms with Gasteiger partial charge in [-0.25, -0.2) is 0 Å². The van der Waals surface area contributed by atoms with E-state index in [0.717, 1.165) is 38.6 Å². The first-order valence-corrected chi connectivity index (χ1v) is 8.30. The summed E-state index contributed by atoms with van der Waals surface area (Å²) in [5, 5.41) is 10.9. The molecule has 1 saturated carbocycles. The summed E-state index contributed by atoms with van der Waals surface area (Å²) < 4.78 is 0. The molecule has 8 heteroatoms. The predicted molar refractivity (Wildman–Crippen MR) is 86.1 cm³/mol. The maximum Gasteiger partial charge on any atom is 0.252 e. The molecule has 1 aliphatic carbocycles. The van der Waals surface area contributed by atoms with E-state index in [9.17, 15) is 9.59 Å². The summed E-state index contributed by atoms with van der Waals surface area (Å²) in [7, 11) is 0. The van der Waals surface area contributed by atoms with Crippen LogP contribution in [-0.4, -0.2) is 46.0 Å². The fourth-order valence-corrected chi connectivity index (χ4v) is 3.51. The molecule has 3 N–H and O–H groups in total. The molecule has 7 nitrogen and oxygen atoms in total. The second-order valence-electron chi connectivity index (χ2n) is 6.19. The zero-order chi connectivity index (χ0) is 16.4. The Kier molecular flexibility index (Phi) is 4.66. The third-order valence-electron chi connectivity index (χ3n) is 4.57. The number of aromatic nitrogens is 2. The minimum atomic E-state index is -0.610. The Morgan fingerprint density at radius 2 is 2.00 bits per heavy atom. The fourth-order valence-electron chi connectivity index (χ4n) is 3.36. The number of rotatable bonds is 4. The zero-order valence-corrected chi connectivity index (χ0v) is 13.6. The molecule has 1 saturated heterocycles. The highest BCUT2D eigenvalue weighted by atomic mass is 35.5. The van der Waals surface area contributed by atoms with Crippen LogP contribution in [0.2, 0.25) is 5.15 Å². The van der Waals surface area contributed by atoms with Crippen LogP contribution in [0.4, 0.5) is 5.82 Å². The van der Waals surface area contributed by atoms with Gasteiger partial charge in [0.15, 0.2) is 11.0 Å². The number of carbonyl (C=O) groups excluding carboxylic acids is 2. The van der Waals surface area contributed by atoms with E-state index < -0.39 is 5.91 Å². The number of nitrogens with two attached hydrogens (primary N) is 1. The standard InChI is InChI=1S/C15H20ClN5O2/c16-12-7-11(13(17)22)14(20-19-12)18-10-5-6-21(8-10)15(23)9-3-1-2-4-9/h7,9-10H,1-6,8H2,(H2,17,22)(H,18,20). The second kappa shape index (κ2) is 6.70. The Balaban J connectivity index is 1.64. The van der Waals surface area contributed by atoms with Crippen LogP contribution in [-0.2, 0) is 4.79 Å². The zero-order valence-electron chi connectivity index (χ0n) is 12.8. The smallest absolute Gasteiger partial charge is 0.252 e. The lowest BCUT2D eigenvalue weighted by atomic mass is 10.1. The Labute approximate surface area is 139 Å². The Morgan fingerprint density at radius 3 is 2.70 bits per heavy atom. The molecule has 2 amide bonds. The number of anilines is 1. The van der Waals surface area contributed by atoms with Crippen LogP contribution in [0.3, 0.4) is 0 Å². The van der Waals surface area contributed by atoms with Gasteiger partial charge < -0.3 is 16.0 Å². The van der Waals surface area contributed by atoms with Crippen molar-refractivity contribution in [3.63, 3.8) is 0 Å². The molecule has 3 rings (SSSR count). The molecular weight excluding hydrogens is 318 g/mol. The lowest BCUT2D eigenvalue weighted by Crippen LogP contribution is -2.35. The van der Waals surface area contributed by atoms with E-state index in [-0.39, 0.29) is 28.6 Å². The summed E-state index contributed by atoms with van der Waals surface area (Å²) in [5.74, 6) is 0.151. The molecule has 0 bridgehead atoms. The van der Waals surface area contributed by atoms with Crippen molar-refractivity contribution >= 4 is 29.2 Å². The fraction of sp³-hybridized carbons (Fsp3) is 0.600. The molecular formula is C15H20ClN5O2. The van der Waals surface area contributed by atoms with Gasteiger partial charge in [-0.3, -0.25) is 9.59 Å². The highest BCUT2D eigenvalue weighted by Crippen LogP contribution is 2.28. The van der Waals surface area contributed by atoms with E-state index in [2.05, 4.69) is 15.5 Å². The number of hydrogen-bond acceptors (Lipinski definition) is 5. The maximum absolute atomic E-state index is 12.4. The summed E-state index contributed by atoms with van der Waals surface area (Å²) in [6.45, 7) is 1.33. The summed E-state index contributed by atoms with van der Waals surface area (Å²) in [4.78, 5) is 25.8. The van der Waals surface area contributed by atoms with Gasteiger partial charge in [0.05, 0.1) is 5.56 Å². The molecule has 1 aromatic heterocycles. The third-order valence-corrected chi connectivity index (χ3v) is 4.76. The number of halogens is 1. The van der Waals surface area contributed by atoms with E-state index in [0.29, 0.717) is 12.4 Å². The van der Waals surface area contributed by atoms with E-state index in [4.69, 9.17) is 17.3 Å². The molecule has 0 aromatic carbocycles. The summed E-state index contributed by atoms with van der Waals surface area (Å²) in [6.07, 6.45) is 5.10. The van der Waals surface area contributed by atoms with Crippen LogP contribution in [0.25, 0.3) is 0 Å². The van der Waals surface area contributed by atoms with Crippen LogP contribution in [0, 0.1) is 5.92 Å². The molecule has 1 unspecified atom stereocenters. The van der Waals surface area contributed by atoms with Crippen molar-refractivity contribution in [2.75, 3.05) is 18.4 Å². The van der Waals surface area contributed by atoms with Crippen LogP contribution in [0.5, 0.6) is 0 Å². The van der Waals surface area contributed by atoms with Crippen molar-refractivity contribution < 1.29 is 9.59 Å². The third kappa shape index (κ3) is 3.55. The van der Waals surface area contributed by atoms with Crippen molar-refractivity contribution in [1.82, 2.24) is 15.1 Å². The van der Waals surface area contributed by atoms with Crippen molar-refractivity contribution in [3.8, 4) is 0 Å². The van der Waals surface area contributed by atoms with Gasteiger partial charge in [0.25, 0.3) is 5.91 Å². The van der Waals surface area contributed by atoms with Gasteiger partial charge in [-0.2, -0.15) is 0 Å². The summed E-state index contributed by atoms with van der Waals surface area (Å²) in [6, 6.07) is 1.43. The van der Waals surface area contributed by atoms with Gasteiger partial charge in [-0.05, 0) is 25.3 Å². The largest absolute Gasteiger partial charge is 0.365 e. The number of carbonyl (C=O) groups is 2. The van der Waals surface area contributed by atoms with Crippen molar-refractivity contribution in [2.45, 2.75) is 38.1 Å². The summed E-state index contributed by atoms with van der Waals surface area (Å²) >= 11 is 5.75. The molecule has 23 heavy (non-hydrogen) atoms. The number of amides is 2. The minimum absolute atomic E-state index is 0.0360. The van der Waals surface area contributed by atoms with Crippen LogP contribution >= 0.6 is 11.6 Å². The molecule has 0 spiro atoms. The predicted octanol–water partition coefficient (Wildman–Crippen LogP) is 1.43. The van der Waals surface area contributed by atoms with Crippen LogP contribution in [0.1, 0.15) is 42.5 Å². The summed E-state index contributed by atoms with van der Waals surface area (Å²) in [5.41, 5.74) is 5.56. The molecule has 124 valence electrons. The Hall–Kier alpha value is -1.89. The van der Waals surface area contributed by atoms with Gasteiger partial charge >= 0.3 is 0 Å². The molecule has 0 radical (unpaired) electrons. The molecule has 2 aliphatic rings. The number of likely N-dealkylation sites (tertiary alicyclic amines) is 1. The quantitative estimate of drug-likeness (QED) is 0.865. The minimum Gasteiger partial charge on any atom is -0.365 e. The number of primary amides is 1. The lowest BCUT2D eigenvalue weighted by molar-refractivity contribution is -0.134. The number of nitrogens with one attached hydrogen (secondary N) is 1. The average Bonchev–Trinajstić information content (AvgIpc) is 3.19. The van der Waals surface area contributed by atoms with Crippen LogP contribution in [0.15, 0.2) is 6.07 Å². The molecule has 1 atom stereocenters. The van der Waals surface area contributed by atoms with E-state index >= 15 is 0 Å². The van der Waals surface area contributed by atoms with Gasteiger partial charge in [0.2, 0.25) is 5.91 Å².